The molecular weight excluding hydrogens is 326 g/mol. The quantitative estimate of drug-likeness (QED) is 0.819. The number of fused-ring (bicyclic) bond motifs is 1. The zero-order valence-corrected chi connectivity index (χ0v) is 13.8. The number of aryl methyl sites for hydroxylation is 1. The number of carbonyl (C=O) groups excluding carboxylic acids is 2. The number of hydrogen-bond acceptors (Lipinski definition) is 7. The van der Waals surface area contributed by atoms with Crippen LogP contribution in [0.5, 0.6) is 11.5 Å². The summed E-state index contributed by atoms with van der Waals surface area (Å²) >= 11 is 0. The van der Waals surface area contributed by atoms with E-state index in [0.29, 0.717) is 17.2 Å². The average molecular weight is 343 g/mol. The Morgan fingerprint density at radius 3 is 2.80 bits per heavy atom. The Balaban J connectivity index is 1.52. The van der Waals surface area contributed by atoms with E-state index in [1.807, 2.05) is 6.07 Å². The van der Waals surface area contributed by atoms with Gasteiger partial charge in [-0.25, -0.2) is 9.78 Å². The molecule has 0 aliphatic carbocycles. The highest BCUT2D eigenvalue weighted by atomic mass is 16.7. The van der Waals surface area contributed by atoms with Gasteiger partial charge >= 0.3 is 5.97 Å². The highest BCUT2D eigenvalue weighted by molar-refractivity contribution is 5.90. The Hall–Kier alpha value is -3.16. The molecule has 0 radical (unpaired) electrons. The molecule has 2 aromatic rings. The zero-order chi connectivity index (χ0) is 17.8. The van der Waals surface area contributed by atoms with Gasteiger partial charge in [0.05, 0.1) is 11.9 Å². The van der Waals surface area contributed by atoms with E-state index in [9.17, 15) is 9.59 Å². The normalized spacial score (nSPS) is 13.2. The van der Waals surface area contributed by atoms with E-state index in [1.54, 1.807) is 19.1 Å². The molecule has 1 aromatic heterocycles. The predicted octanol–water partition coefficient (Wildman–Crippen LogP) is 1.38. The zero-order valence-electron chi connectivity index (χ0n) is 13.8. The van der Waals surface area contributed by atoms with Gasteiger partial charge in [-0.3, -0.25) is 9.78 Å². The van der Waals surface area contributed by atoms with E-state index >= 15 is 0 Å². The number of rotatable bonds is 5. The maximum Gasteiger partial charge on any atom is 0.359 e. The molecule has 1 amide bonds. The van der Waals surface area contributed by atoms with Gasteiger partial charge in [0.15, 0.2) is 23.3 Å². The molecule has 0 fully saturated rings. The molecular formula is C17H17N3O5. The molecule has 1 aliphatic heterocycles. The van der Waals surface area contributed by atoms with Crippen LogP contribution < -0.4 is 14.8 Å². The monoisotopic (exact) mass is 343 g/mol. The summed E-state index contributed by atoms with van der Waals surface area (Å²) in [5, 5.41) is 2.71. The topological polar surface area (TPSA) is 99.6 Å². The number of ether oxygens (including phenoxy) is 3. The van der Waals surface area contributed by atoms with Crippen LogP contribution in [0.4, 0.5) is 0 Å². The minimum Gasteiger partial charge on any atom is -0.454 e. The summed E-state index contributed by atoms with van der Waals surface area (Å²) in [5.74, 6) is 0.213. The van der Waals surface area contributed by atoms with Crippen LogP contribution in [0.3, 0.4) is 0 Å². The van der Waals surface area contributed by atoms with Crippen LogP contribution in [0.1, 0.15) is 28.7 Å². The summed E-state index contributed by atoms with van der Waals surface area (Å²) in [4.78, 5) is 31.9. The van der Waals surface area contributed by atoms with Gasteiger partial charge in [0.25, 0.3) is 5.91 Å². The molecule has 0 spiro atoms. The lowest BCUT2D eigenvalue weighted by atomic mass is 10.2. The lowest BCUT2D eigenvalue weighted by molar-refractivity contribution is -0.129. The van der Waals surface area contributed by atoms with E-state index in [1.165, 1.54) is 19.3 Å². The molecule has 1 N–H and O–H groups in total. The van der Waals surface area contributed by atoms with Crippen LogP contribution in [0.2, 0.25) is 0 Å². The van der Waals surface area contributed by atoms with Gasteiger partial charge in [0.1, 0.15) is 0 Å². The first-order chi connectivity index (χ1) is 12.0. The second kappa shape index (κ2) is 7.16. The number of aromatic nitrogens is 2. The van der Waals surface area contributed by atoms with E-state index in [-0.39, 0.29) is 19.0 Å². The molecule has 8 nitrogen and oxygen atoms in total. The Morgan fingerprint density at radius 1 is 1.24 bits per heavy atom. The van der Waals surface area contributed by atoms with Crippen LogP contribution in [0.15, 0.2) is 30.6 Å². The van der Waals surface area contributed by atoms with Crippen molar-refractivity contribution in [3.63, 3.8) is 0 Å². The molecule has 1 unspecified atom stereocenters. The smallest absolute Gasteiger partial charge is 0.359 e. The van der Waals surface area contributed by atoms with Crippen LogP contribution >= 0.6 is 0 Å². The lowest BCUT2D eigenvalue weighted by Crippen LogP contribution is -2.35. The van der Waals surface area contributed by atoms with Crippen molar-refractivity contribution in [2.75, 3.05) is 6.79 Å². The Kier molecular flexibility index (Phi) is 4.78. The van der Waals surface area contributed by atoms with Crippen molar-refractivity contribution in [1.29, 1.82) is 0 Å². The first-order valence-corrected chi connectivity index (χ1v) is 7.69. The first kappa shape index (κ1) is 16.7. The standard InChI is InChI=1S/C17H17N3O5/c1-10-6-19-13(8-18-10)17(22)25-11(2)16(21)20-7-12-3-4-14-15(5-12)24-9-23-14/h3-6,8,11H,7,9H2,1-2H3,(H,20,21). The molecule has 0 saturated carbocycles. The fourth-order valence-electron chi connectivity index (χ4n) is 2.16. The molecule has 1 aliphatic rings. The number of benzene rings is 1. The van der Waals surface area contributed by atoms with Crippen molar-refractivity contribution in [1.82, 2.24) is 15.3 Å². The molecule has 1 aromatic carbocycles. The second-order valence-electron chi connectivity index (χ2n) is 5.50. The third kappa shape index (κ3) is 4.03. The molecule has 2 heterocycles. The predicted molar refractivity (Wildman–Crippen MR) is 86.1 cm³/mol. The second-order valence-corrected chi connectivity index (χ2v) is 5.50. The van der Waals surface area contributed by atoms with Gasteiger partial charge in [-0.2, -0.15) is 0 Å². The van der Waals surface area contributed by atoms with Crippen molar-refractivity contribution in [3.8, 4) is 11.5 Å². The molecule has 1 atom stereocenters. The largest absolute Gasteiger partial charge is 0.454 e. The SMILES string of the molecule is Cc1cnc(C(=O)OC(C)C(=O)NCc2ccc3c(c2)OCO3)cn1. The van der Waals surface area contributed by atoms with E-state index in [4.69, 9.17) is 14.2 Å². The molecule has 0 saturated heterocycles. The third-order valence-electron chi connectivity index (χ3n) is 3.55. The molecule has 8 heteroatoms. The average Bonchev–Trinajstić information content (AvgIpc) is 3.07. The van der Waals surface area contributed by atoms with Crippen LogP contribution in [0, 0.1) is 6.92 Å². The Labute approximate surface area is 144 Å². The Morgan fingerprint density at radius 2 is 2.04 bits per heavy atom. The maximum absolute atomic E-state index is 12.1. The minimum atomic E-state index is -0.954. The van der Waals surface area contributed by atoms with Crippen LogP contribution in [-0.4, -0.2) is 34.7 Å². The van der Waals surface area contributed by atoms with E-state index in [0.717, 1.165) is 5.56 Å². The molecule has 130 valence electrons. The fourth-order valence-corrected chi connectivity index (χ4v) is 2.16. The van der Waals surface area contributed by atoms with Gasteiger partial charge in [0, 0.05) is 12.7 Å². The Bertz CT molecular complexity index is 791. The van der Waals surface area contributed by atoms with Crippen molar-refractivity contribution in [2.45, 2.75) is 26.5 Å². The van der Waals surface area contributed by atoms with Crippen molar-refractivity contribution < 1.29 is 23.8 Å². The first-order valence-electron chi connectivity index (χ1n) is 7.69. The van der Waals surface area contributed by atoms with Gasteiger partial charge < -0.3 is 19.5 Å². The third-order valence-corrected chi connectivity index (χ3v) is 3.55. The molecule has 3 rings (SSSR count). The van der Waals surface area contributed by atoms with Gasteiger partial charge in [-0.1, -0.05) is 6.07 Å². The highest BCUT2D eigenvalue weighted by Gasteiger charge is 2.20. The van der Waals surface area contributed by atoms with Crippen LogP contribution in [-0.2, 0) is 16.1 Å². The number of nitrogens with zero attached hydrogens (tertiary/aromatic N) is 2. The van der Waals surface area contributed by atoms with Crippen molar-refractivity contribution >= 4 is 11.9 Å². The van der Waals surface area contributed by atoms with Gasteiger partial charge in [-0.05, 0) is 31.5 Å². The summed E-state index contributed by atoms with van der Waals surface area (Å²) in [6.45, 7) is 3.73. The summed E-state index contributed by atoms with van der Waals surface area (Å²) in [7, 11) is 0. The number of hydrogen-bond donors (Lipinski definition) is 1. The van der Waals surface area contributed by atoms with Crippen molar-refractivity contribution in [3.05, 3.63) is 47.5 Å². The summed E-state index contributed by atoms with van der Waals surface area (Å²) in [6.07, 6.45) is 1.82. The van der Waals surface area contributed by atoms with Crippen LogP contribution in [0.25, 0.3) is 0 Å². The lowest BCUT2D eigenvalue weighted by Gasteiger charge is -2.13. The maximum atomic E-state index is 12.1. The number of amides is 1. The fraction of sp³-hybridized carbons (Fsp3) is 0.294. The number of carbonyl (C=O) groups is 2. The summed E-state index contributed by atoms with van der Waals surface area (Å²) < 4.78 is 15.6. The highest BCUT2D eigenvalue weighted by Crippen LogP contribution is 2.32. The van der Waals surface area contributed by atoms with Gasteiger partial charge in [0.2, 0.25) is 6.79 Å². The molecule has 0 bridgehead atoms. The summed E-state index contributed by atoms with van der Waals surface area (Å²) in [6, 6.07) is 5.40. The minimum absolute atomic E-state index is 0.0565. The molecule has 25 heavy (non-hydrogen) atoms. The number of esters is 1. The summed E-state index contributed by atoms with van der Waals surface area (Å²) in [5.41, 5.74) is 1.59. The number of nitrogens with one attached hydrogen (secondary N) is 1. The van der Waals surface area contributed by atoms with E-state index in [2.05, 4.69) is 15.3 Å². The van der Waals surface area contributed by atoms with Gasteiger partial charge in [-0.15, -0.1) is 0 Å². The van der Waals surface area contributed by atoms with Crippen molar-refractivity contribution in [2.24, 2.45) is 0 Å². The van der Waals surface area contributed by atoms with E-state index < -0.39 is 18.0 Å².